The quantitative estimate of drug-likeness (QED) is 0.652. The van der Waals surface area contributed by atoms with Crippen LogP contribution in [0.2, 0.25) is 0 Å². The zero-order chi connectivity index (χ0) is 7.61. The van der Waals surface area contributed by atoms with E-state index in [1.54, 1.807) is 0 Å². The highest BCUT2D eigenvalue weighted by Gasteiger charge is 2.23. The van der Waals surface area contributed by atoms with Gasteiger partial charge in [0.15, 0.2) is 6.33 Å². The van der Waals surface area contributed by atoms with Crippen molar-refractivity contribution in [3.8, 4) is 0 Å². The first kappa shape index (κ1) is 7.21. The Kier molecular flexibility index (Phi) is 1.72. The largest absolute Gasteiger partial charge is 0.338 e. The highest BCUT2D eigenvalue weighted by atomic mass is 16.5. The monoisotopic (exact) mass is 141 g/mol. The molecule has 1 N–H and O–H groups in total. The molecule has 0 radical (unpaired) electrons. The van der Waals surface area contributed by atoms with Crippen LogP contribution >= 0.6 is 0 Å². The molecule has 1 aromatic rings. The summed E-state index contributed by atoms with van der Waals surface area (Å²) in [6.45, 7) is 3.95. The molecular weight excluding hydrogens is 130 g/mol. The Morgan fingerprint density at radius 3 is 2.70 bits per heavy atom. The first-order chi connectivity index (χ1) is 4.67. The Labute approximate surface area is 59.6 Å². The van der Waals surface area contributed by atoms with Gasteiger partial charge in [0.05, 0.1) is 5.54 Å². The van der Waals surface area contributed by atoms with E-state index in [4.69, 9.17) is 4.52 Å². The van der Waals surface area contributed by atoms with Crippen molar-refractivity contribution >= 4 is 0 Å². The lowest BCUT2D eigenvalue weighted by molar-refractivity contribution is 0.280. The molecule has 0 aliphatic carbocycles. The van der Waals surface area contributed by atoms with Gasteiger partial charge in [-0.25, -0.2) is 0 Å². The fourth-order valence-electron chi connectivity index (χ4n) is 0.555. The van der Waals surface area contributed by atoms with E-state index in [0.29, 0.717) is 5.89 Å². The number of rotatable bonds is 2. The summed E-state index contributed by atoms with van der Waals surface area (Å²) in [5.41, 5.74) is -0.226. The number of nitrogens with one attached hydrogen (secondary N) is 1. The van der Waals surface area contributed by atoms with Crippen molar-refractivity contribution in [2.45, 2.75) is 19.4 Å². The molecule has 0 aromatic carbocycles. The van der Waals surface area contributed by atoms with Gasteiger partial charge in [-0.05, 0) is 20.9 Å². The van der Waals surface area contributed by atoms with Gasteiger partial charge < -0.3 is 9.84 Å². The average molecular weight is 141 g/mol. The van der Waals surface area contributed by atoms with Crippen LogP contribution in [0.4, 0.5) is 0 Å². The molecule has 0 fully saturated rings. The number of aromatic nitrogens is 2. The lowest BCUT2D eigenvalue weighted by atomic mass is 10.1. The topological polar surface area (TPSA) is 51.0 Å². The van der Waals surface area contributed by atoms with Crippen molar-refractivity contribution in [2.75, 3.05) is 7.05 Å². The average Bonchev–Trinajstić information content (AvgIpc) is 2.38. The minimum atomic E-state index is -0.226. The van der Waals surface area contributed by atoms with E-state index < -0.39 is 0 Å². The van der Waals surface area contributed by atoms with Gasteiger partial charge in [-0.15, -0.1) is 0 Å². The molecule has 4 nitrogen and oxygen atoms in total. The summed E-state index contributed by atoms with van der Waals surface area (Å²) < 4.78 is 4.87. The van der Waals surface area contributed by atoms with Gasteiger partial charge in [-0.1, -0.05) is 5.16 Å². The number of hydrogen-bond acceptors (Lipinski definition) is 4. The third kappa shape index (κ3) is 1.16. The minimum absolute atomic E-state index is 0.226. The summed E-state index contributed by atoms with van der Waals surface area (Å²) in [5, 5.41) is 6.56. The van der Waals surface area contributed by atoms with Crippen LogP contribution in [0.25, 0.3) is 0 Å². The third-order valence-corrected chi connectivity index (χ3v) is 1.52. The maximum Gasteiger partial charge on any atom is 0.246 e. The van der Waals surface area contributed by atoms with Crippen molar-refractivity contribution in [2.24, 2.45) is 0 Å². The van der Waals surface area contributed by atoms with Crippen LogP contribution in [-0.4, -0.2) is 17.2 Å². The summed E-state index contributed by atoms with van der Waals surface area (Å²) in [6.07, 6.45) is 1.40. The molecule has 1 aromatic heterocycles. The second kappa shape index (κ2) is 2.38. The fraction of sp³-hybridized carbons (Fsp3) is 0.667. The number of hydrogen-bond donors (Lipinski definition) is 1. The minimum Gasteiger partial charge on any atom is -0.338 e. The van der Waals surface area contributed by atoms with E-state index in [2.05, 4.69) is 15.5 Å². The molecule has 0 saturated carbocycles. The Morgan fingerprint density at radius 2 is 2.30 bits per heavy atom. The van der Waals surface area contributed by atoms with Crippen LogP contribution in [-0.2, 0) is 5.54 Å². The molecule has 1 heterocycles. The molecule has 0 saturated heterocycles. The molecule has 0 aliphatic rings. The predicted molar refractivity (Wildman–Crippen MR) is 36.4 cm³/mol. The molecular formula is C6H11N3O. The van der Waals surface area contributed by atoms with Crippen LogP contribution in [0.15, 0.2) is 10.9 Å². The molecule has 0 spiro atoms. The van der Waals surface area contributed by atoms with Gasteiger partial charge in [0, 0.05) is 0 Å². The fourth-order valence-corrected chi connectivity index (χ4v) is 0.555. The van der Waals surface area contributed by atoms with Crippen molar-refractivity contribution < 1.29 is 4.52 Å². The van der Waals surface area contributed by atoms with Crippen LogP contribution in [0, 0.1) is 0 Å². The molecule has 0 unspecified atom stereocenters. The van der Waals surface area contributed by atoms with E-state index in [-0.39, 0.29) is 5.54 Å². The molecule has 0 atom stereocenters. The lowest BCUT2D eigenvalue weighted by Crippen LogP contribution is -2.33. The Morgan fingerprint density at radius 1 is 1.60 bits per heavy atom. The molecule has 0 amide bonds. The Bertz CT molecular complexity index is 193. The standard InChI is InChI=1S/C6H11N3O/c1-6(2,7-3)5-8-4-9-10-5/h4,7H,1-3H3. The van der Waals surface area contributed by atoms with Crippen molar-refractivity contribution in [3.63, 3.8) is 0 Å². The lowest BCUT2D eigenvalue weighted by Gasteiger charge is -2.17. The normalized spacial score (nSPS) is 11.9. The molecule has 10 heavy (non-hydrogen) atoms. The van der Waals surface area contributed by atoms with Crippen molar-refractivity contribution in [1.29, 1.82) is 0 Å². The second-order valence-electron chi connectivity index (χ2n) is 2.62. The van der Waals surface area contributed by atoms with E-state index in [1.165, 1.54) is 6.33 Å². The summed E-state index contributed by atoms with van der Waals surface area (Å²) in [4.78, 5) is 3.92. The van der Waals surface area contributed by atoms with Gasteiger partial charge in [0.2, 0.25) is 5.89 Å². The Hall–Kier alpha value is -0.900. The molecule has 1 rings (SSSR count). The third-order valence-electron chi connectivity index (χ3n) is 1.52. The Balaban J connectivity index is 2.85. The number of nitrogens with zero attached hydrogens (tertiary/aromatic N) is 2. The van der Waals surface area contributed by atoms with Crippen LogP contribution < -0.4 is 5.32 Å². The van der Waals surface area contributed by atoms with Crippen molar-refractivity contribution in [3.05, 3.63) is 12.2 Å². The van der Waals surface area contributed by atoms with Gasteiger partial charge >= 0.3 is 0 Å². The van der Waals surface area contributed by atoms with E-state index in [0.717, 1.165) is 0 Å². The highest BCUT2D eigenvalue weighted by molar-refractivity contribution is 4.94. The van der Waals surface area contributed by atoms with Crippen LogP contribution in [0.3, 0.4) is 0 Å². The first-order valence-corrected chi connectivity index (χ1v) is 3.13. The molecule has 4 heteroatoms. The van der Waals surface area contributed by atoms with E-state index >= 15 is 0 Å². The predicted octanol–water partition coefficient (Wildman–Crippen LogP) is 0.524. The molecule has 56 valence electrons. The molecule has 0 aliphatic heterocycles. The van der Waals surface area contributed by atoms with Crippen LogP contribution in [0.5, 0.6) is 0 Å². The van der Waals surface area contributed by atoms with Gasteiger partial charge in [0.25, 0.3) is 0 Å². The van der Waals surface area contributed by atoms with E-state index in [9.17, 15) is 0 Å². The molecule has 0 bridgehead atoms. The van der Waals surface area contributed by atoms with Crippen LogP contribution in [0.1, 0.15) is 19.7 Å². The maximum atomic E-state index is 4.87. The van der Waals surface area contributed by atoms with E-state index in [1.807, 2.05) is 20.9 Å². The van der Waals surface area contributed by atoms with Gasteiger partial charge in [-0.3, -0.25) is 0 Å². The highest BCUT2D eigenvalue weighted by Crippen LogP contribution is 2.14. The smallest absolute Gasteiger partial charge is 0.246 e. The zero-order valence-corrected chi connectivity index (χ0v) is 6.38. The van der Waals surface area contributed by atoms with Gasteiger partial charge in [-0.2, -0.15) is 4.98 Å². The SMILES string of the molecule is CNC(C)(C)c1ncno1. The first-order valence-electron chi connectivity index (χ1n) is 3.13. The summed E-state index contributed by atoms with van der Waals surface area (Å²) in [5.74, 6) is 0.606. The zero-order valence-electron chi connectivity index (χ0n) is 6.38. The van der Waals surface area contributed by atoms with Crippen molar-refractivity contribution in [1.82, 2.24) is 15.5 Å². The summed E-state index contributed by atoms with van der Waals surface area (Å²) >= 11 is 0. The maximum absolute atomic E-state index is 4.87. The summed E-state index contributed by atoms with van der Waals surface area (Å²) in [6, 6.07) is 0. The summed E-state index contributed by atoms with van der Waals surface area (Å²) in [7, 11) is 1.85. The second-order valence-corrected chi connectivity index (χ2v) is 2.62. The van der Waals surface area contributed by atoms with Gasteiger partial charge in [0.1, 0.15) is 0 Å².